The number of aromatic nitrogens is 2. The Morgan fingerprint density at radius 2 is 2.00 bits per heavy atom. The maximum Gasteiger partial charge on any atom is 0.225 e. The summed E-state index contributed by atoms with van der Waals surface area (Å²) in [6.07, 6.45) is 1.05. The van der Waals surface area contributed by atoms with Gasteiger partial charge in [-0.05, 0) is 20.3 Å². The number of carbonyl (C=O) groups is 1. The number of rotatable bonds is 4. The average Bonchev–Trinajstić information content (AvgIpc) is 2.61. The molecule has 1 aromatic rings. The minimum absolute atomic E-state index is 0.00473. The van der Waals surface area contributed by atoms with E-state index in [2.05, 4.69) is 36.3 Å². The number of anilines is 1. The van der Waals surface area contributed by atoms with E-state index in [1.54, 1.807) is 0 Å². The third kappa shape index (κ3) is 4.87. The summed E-state index contributed by atoms with van der Waals surface area (Å²) >= 11 is 0. The molecule has 0 fully saturated rings. The predicted molar refractivity (Wildman–Crippen MR) is 73.4 cm³/mol. The molecule has 1 rings (SSSR count). The minimum Gasteiger partial charge on any atom is -0.326 e. The second-order valence-electron chi connectivity index (χ2n) is 6.45. The lowest BCUT2D eigenvalue weighted by molar-refractivity contribution is -0.116. The van der Waals surface area contributed by atoms with Gasteiger partial charge in [0.15, 0.2) is 5.82 Å². The molecule has 5 nitrogen and oxygen atoms in total. The molecule has 0 bridgehead atoms. The molecule has 0 unspecified atom stereocenters. The number of hydrogen-bond acceptors (Lipinski definition) is 3. The van der Waals surface area contributed by atoms with Crippen molar-refractivity contribution in [3.05, 3.63) is 11.8 Å². The van der Waals surface area contributed by atoms with Gasteiger partial charge in [0.2, 0.25) is 5.91 Å². The van der Waals surface area contributed by atoms with E-state index in [0.717, 1.165) is 5.69 Å². The monoisotopic (exact) mass is 252 g/mol. The first-order valence-corrected chi connectivity index (χ1v) is 6.22. The van der Waals surface area contributed by atoms with E-state index in [1.807, 2.05) is 19.9 Å². The molecule has 18 heavy (non-hydrogen) atoms. The van der Waals surface area contributed by atoms with Crippen LogP contribution < -0.4 is 11.1 Å². The van der Waals surface area contributed by atoms with Gasteiger partial charge < -0.3 is 11.1 Å². The molecule has 1 heterocycles. The first-order chi connectivity index (χ1) is 8.08. The molecular weight excluding hydrogens is 228 g/mol. The predicted octanol–water partition coefficient (Wildman–Crippen LogP) is 2.16. The fourth-order valence-corrected chi connectivity index (χ4v) is 1.41. The highest BCUT2D eigenvalue weighted by atomic mass is 16.1. The summed E-state index contributed by atoms with van der Waals surface area (Å²) in [6, 6.07) is 1.87. The van der Waals surface area contributed by atoms with Crippen LogP contribution in [0.15, 0.2) is 6.07 Å². The van der Waals surface area contributed by atoms with Crippen LogP contribution >= 0.6 is 0 Å². The molecule has 0 aromatic carbocycles. The Hall–Kier alpha value is -1.36. The van der Waals surface area contributed by atoms with Gasteiger partial charge in [0.05, 0.1) is 0 Å². The molecule has 0 radical (unpaired) electrons. The van der Waals surface area contributed by atoms with Gasteiger partial charge in [0.1, 0.15) is 0 Å². The van der Waals surface area contributed by atoms with Crippen LogP contribution in [0.1, 0.15) is 53.2 Å². The van der Waals surface area contributed by atoms with E-state index in [0.29, 0.717) is 18.7 Å². The fraction of sp³-hybridized carbons (Fsp3) is 0.692. The van der Waals surface area contributed by atoms with Crippen molar-refractivity contribution in [2.75, 3.05) is 5.32 Å². The standard InChI is InChI=1S/C13H24N4O/c1-12(2,3)9-8-10(17-16-9)15-11(18)6-7-13(4,5)14/h8H,6-7,14H2,1-5H3,(H2,15,16,17,18). The molecule has 0 saturated carbocycles. The van der Waals surface area contributed by atoms with E-state index < -0.39 is 0 Å². The Labute approximate surface area is 109 Å². The summed E-state index contributed by atoms with van der Waals surface area (Å²) in [6.45, 7) is 10.1. The average molecular weight is 252 g/mol. The van der Waals surface area contributed by atoms with Gasteiger partial charge in [-0.1, -0.05) is 20.8 Å². The highest BCUT2D eigenvalue weighted by Gasteiger charge is 2.18. The summed E-state index contributed by atoms with van der Waals surface area (Å²) in [7, 11) is 0. The number of H-pyrrole nitrogens is 1. The molecule has 0 aliphatic rings. The summed E-state index contributed by atoms with van der Waals surface area (Å²) in [4.78, 5) is 11.7. The van der Waals surface area contributed by atoms with E-state index >= 15 is 0 Å². The highest BCUT2D eigenvalue weighted by molar-refractivity contribution is 5.89. The lowest BCUT2D eigenvalue weighted by atomic mass is 9.92. The summed E-state index contributed by atoms with van der Waals surface area (Å²) in [5.74, 6) is 0.514. The third-order valence-corrected chi connectivity index (χ3v) is 2.65. The van der Waals surface area contributed by atoms with Crippen LogP contribution in [0.3, 0.4) is 0 Å². The topological polar surface area (TPSA) is 83.8 Å². The largest absolute Gasteiger partial charge is 0.326 e. The summed E-state index contributed by atoms with van der Waals surface area (Å²) in [5, 5.41) is 9.78. The Kier molecular flexibility index (Phi) is 4.16. The van der Waals surface area contributed by atoms with Crippen molar-refractivity contribution in [3.63, 3.8) is 0 Å². The smallest absolute Gasteiger partial charge is 0.225 e. The Balaban J connectivity index is 2.53. The van der Waals surface area contributed by atoms with Crippen molar-refractivity contribution >= 4 is 11.7 Å². The zero-order valence-electron chi connectivity index (χ0n) is 11.9. The number of nitrogens with zero attached hydrogens (tertiary/aromatic N) is 1. The quantitative estimate of drug-likeness (QED) is 0.767. The Morgan fingerprint density at radius 3 is 2.44 bits per heavy atom. The van der Waals surface area contributed by atoms with Crippen LogP contribution in [0, 0.1) is 0 Å². The minimum atomic E-state index is -0.320. The number of aromatic amines is 1. The zero-order chi connectivity index (χ0) is 14.0. The van der Waals surface area contributed by atoms with E-state index in [-0.39, 0.29) is 16.9 Å². The van der Waals surface area contributed by atoms with Crippen molar-refractivity contribution < 1.29 is 4.79 Å². The van der Waals surface area contributed by atoms with Crippen LogP contribution in [0.2, 0.25) is 0 Å². The molecule has 102 valence electrons. The van der Waals surface area contributed by atoms with Gasteiger partial charge in [-0.25, -0.2) is 0 Å². The van der Waals surface area contributed by atoms with Crippen LogP contribution in [0.4, 0.5) is 5.82 Å². The molecule has 1 amide bonds. The SMILES string of the molecule is CC(C)(N)CCC(=O)Nc1cc(C(C)(C)C)[nH]n1. The number of nitrogens with two attached hydrogens (primary N) is 1. The van der Waals surface area contributed by atoms with Crippen LogP contribution in [-0.2, 0) is 10.2 Å². The second kappa shape index (κ2) is 5.10. The molecular formula is C13H24N4O. The Bertz CT molecular complexity index is 409. The summed E-state index contributed by atoms with van der Waals surface area (Å²) in [5.41, 5.74) is 6.51. The number of hydrogen-bond donors (Lipinski definition) is 3. The van der Waals surface area contributed by atoms with Crippen molar-refractivity contribution in [2.45, 2.75) is 58.4 Å². The van der Waals surface area contributed by atoms with Gasteiger partial charge in [-0.2, -0.15) is 5.10 Å². The zero-order valence-corrected chi connectivity index (χ0v) is 11.9. The molecule has 0 saturated heterocycles. The first kappa shape index (κ1) is 14.7. The van der Waals surface area contributed by atoms with Crippen molar-refractivity contribution in [1.29, 1.82) is 0 Å². The highest BCUT2D eigenvalue weighted by Crippen LogP contribution is 2.22. The molecule has 4 N–H and O–H groups in total. The van der Waals surface area contributed by atoms with E-state index in [1.165, 1.54) is 0 Å². The number of carbonyl (C=O) groups excluding carboxylic acids is 1. The van der Waals surface area contributed by atoms with Crippen LogP contribution in [0.5, 0.6) is 0 Å². The van der Waals surface area contributed by atoms with Gasteiger partial charge in [-0.3, -0.25) is 9.89 Å². The maximum atomic E-state index is 11.7. The molecule has 0 spiro atoms. The van der Waals surface area contributed by atoms with E-state index in [4.69, 9.17) is 5.73 Å². The number of amides is 1. The number of nitrogens with one attached hydrogen (secondary N) is 2. The lowest BCUT2D eigenvalue weighted by Crippen LogP contribution is -2.33. The normalized spacial score (nSPS) is 12.6. The molecule has 0 aliphatic carbocycles. The van der Waals surface area contributed by atoms with Crippen LogP contribution in [0.25, 0.3) is 0 Å². The van der Waals surface area contributed by atoms with Crippen LogP contribution in [-0.4, -0.2) is 21.6 Å². The van der Waals surface area contributed by atoms with Gasteiger partial charge >= 0.3 is 0 Å². The molecule has 1 aromatic heterocycles. The van der Waals surface area contributed by atoms with Gasteiger partial charge in [-0.15, -0.1) is 0 Å². The van der Waals surface area contributed by atoms with Gasteiger partial charge in [0, 0.05) is 29.1 Å². The lowest BCUT2D eigenvalue weighted by Gasteiger charge is -2.17. The Morgan fingerprint density at radius 1 is 1.39 bits per heavy atom. The van der Waals surface area contributed by atoms with Crippen molar-refractivity contribution in [3.8, 4) is 0 Å². The van der Waals surface area contributed by atoms with Crippen molar-refractivity contribution in [2.24, 2.45) is 5.73 Å². The van der Waals surface area contributed by atoms with Crippen molar-refractivity contribution in [1.82, 2.24) is 10.2 Å². The molecule has 0 atom stereocenters. The summed E-state index contributed by atoms with van der Waals surface area (Å²) < 4.78 is 0. The molecule has 5 heteroatoms. The fourth-order valence-electron chi connectivity index (χ4n) is 1.41. The molecule has 0 aliphatic heterocycles. The maximum absolute atomic E-state index is 11.7. The van der Waals surface area contributed by atoms with Gasteiger partial charge in [0.25, 0.3) is 0 Å². The van der Waals surface area contributed by atoms with E-state index in [9.17, 15) is 4.79 Å². The second-order valence-corrected chi connectivity index (χ2v) is 6.45. The third-order valence-electron chi connectivity index (χ3n) is 2.65. The first-order valence-electron chi connectivity index (χ1n) is 6.22.